The Kier molecular flexibility index (Phi) is 4.11. The first-order valence-corrected chi connectivity index (χ1v) is 7.14. The highest BCUT2D eigenvalue weighted by Gasteiger charge is 2.15. The highest BCUT2D eigenvalue weighted by Crippen LogP contribution is 2.09. The third-order valence-corrected chi connectivity index (χ3v) is 3.34. The van der Waals surface area contributed by atoms with Crippen molar-refractivity contribution in [3.8, 4) is 0 Å². The highest BCUT2D eigenvalue weighted by molar-refractivity contribution is 5.69. The predicted octanol–water partition coefficient (Wildman–Crippen LogP) is 1.42. The summed E-state index contributed by atoms with van der Waals surface area (Å²) in [6.45, 7) is 6.74. The normalized spacial score (nSPS) is 11.7. The number of fused-ring (bicyclic) bond motifs is 1. The second-order valence-electron chi connectivity index (χ2n) is 5.64. The summed E-state index contributed by atoms with van der Waals surface area (Å²) in [5, 5.41) is 0. The predicted molar refractivity (Wildman–Crippen MR) is 79.0 cm³/mol. The first-order valence-electron chi connectivity index (χ1n) is 7.14. The molecule has 2 aromatic rings. The van der Waals surface area contributed by atoms with Crippen LogP contribution in [0.1, 0.15) is 39.4 Å². The van der Waals surface area contributed by atoms with E-state index < -0.39 is 0 Å². The van der Waals surface area contributed by atoms with E-state index in [2.05, 4.69) is 16.9 Å². The molecule has 0 amide bonds. The van der Waals surface area contributed by atoms with Crippen molar-refractivity contribution in [2.75, 3.05) is 0 Å². The van der Waals surface area contributed by atoms with Gasteiger partial charge in [-0.15, -0.1) is 0 Å². The smallest absolute Gasteiger partial charge is 0.332 e. The zero-order valence-electron chi connectivity index (χ0n) is 12.6. The molecule has 0 bridgehead atoms. The van der Waals surface area contributed by atoms with E-state index in [-0.39, 0.29) is 11.2 Å². The Bertz CT molecular complexity index is 721. The molecule has 0 aromatic carbocycles. The van der Waals surface area contributed by atoms with Gasteiger partial charge in [0.25, 0.3) is 5.56 Å². The maximum absolute atomic E-state index is 12.2. The van der Waals surface area contributed by atoms with Crippen molar-refractivity contribution in [2.45, 2.75) is 46.6 Å². The number of aromatic amines is 1. The molecule has 0 saturated carbocycles. The number of imidazole rings is 1. The molecule has 110 valence electrons. The fourth-order valence-electron chi connectivity index (χ4n) is 2.27. The second kappa shape index (κ2) is 5.64. The molecule has 0 unspecified atom stereocenters. The van der Waals surface area contributed by atoms with Crippen molar-refractivity contribution in [1.82, 2.24) is 19.1 Å². The Balaban J connectivity index is 2.66. The monoisotopic (exact) mass is 278 g/mol. The van der Waals surface area contributed by atoms with Crippen LogP contribution in [0.2, 0.25) is 0 Å². The molecule has 6 heteroatoms. The summed E-state index contributed by atoms with van der Waals surface area (Å²) in [6.07, 6.45) is 2.87. The Hall–Kier alpha value is -1.85. The first-order chi connectivity index (χ1) is 9.45. The lowest BCUT2D eigenvalue weighted by atomic mass is 10.2. The SMILES string of the molecule is CCCCc1nc2c([nH]1)c(=O)n(C)c(=O)n2CC(C)C. The summed E-state index contributed by atoms with van der Waals surface area (Å²) in [4.78, 5) is 31.9. The van der Waals surface area contributed by atoms with Gasteiger partial charge in [0.1, 0.15) is 11.3 Å². The zero-order valence-corrected chi connectivity index (χ0v) is 12.6. The molecule has 6 nitrogen and oxygen atoms in total. The quantitative estimate of drug-likeness (QED) is 0.899. The van der Waals surface area contributed by atoms with Crippen LogP contribution < -0.4 is 11.2 Å². The van der Waals surface area contributed by atoms with Gasteiger partial charge in [0.05, 0.1) is 0 Å². The van der Waals surface area contributed by atoms with Crippen molar-refractivity contribution < 1.29 is 0 Å². The third-order valence-electron chi connectivity index (χ3n) is 3.34. The molecular weight excluding hydrogens is 256 g/mol. The van der Waals surface area contributed by atoms with Crippen molar-refractivity contribution in [1.29, 1.82) is 0 Å². The molecule has 0 spiro atoms. The molecule has 2 aromatic heterocycles. The summed E-state index contributed by atoms with van der Waals surface area (Å²) in [5.41, 5.74) is 0.307. The minimum absolute atomic E-state index is 0.301. The lowest BCUT2D eigenvalue weighted by Gasteiger charge is -2.10. The molecular formula is C14H22N4O2. The second-order valence-corrected chi connectivity index (χ2v) is 5.64. The third kappa shape index (κ3) is 2.55. The van der Waals surface area contributed by atoms with Gasteiger partial charge in [-0.3, -0.25) is 13.9 Å². The number of aromatic nitrogens is 4. The zero-order chi connectivity index (χ0) is 14.9. The van der Waals surface area contributed by atoms with E-state index in [9.17, 15) is 9.59 Å². The topological polar surface area (TPSA) is 72.7 Å². The average Bonchev–Trinajstić information content (AvgIpc) is 2.82. The van der Waals surface area contributed by atoms with E-state index in [1.165, 1.54) is 7.05 Å². The number of unbranched alkanes of at least 4 members (excludes halogenated alkanes) is 1. The van der Waals surface area contributed by atoms with E-state index in [1.54, 1.807) is 4.57 Å². The summed E-state index contributed by atoms with van der Waals surface area (Å²) in [5.74, 6) is 1.09. The van der Waals surface area contributed by atoms with Crippen LogP contribution in [0.5, 0.6) is 0 Å². The number of nitrogens with one attached hydrogen (secondary N) is 1. The van der Waals surface area contributed by atoms with Crippen LogP contribution in [0.4, 0.5) is 0 Å². The largest absolute Gasteiger partial charge is 0.336 e. The van der Waals surface area contributed by atoms with Gasteiger partial charge in [0.15, 0.2) is 5.65 Å². The minimum atomic E-state index is -0.305. The number of nitrogens with zero attached hydrogens (tertiary/aromatic N) is 3. The molecule has 0 aliphatic heterocycles. The highest BCUT2D eigenvalue weighted by atomic mass is 16.2. The van der Waals surface area contributed by atoms with Crippen LogP contribution in [-0.4, -0.2) is 19.1 Å². The lowest BCUT2D eigenvalue weighted by Crippen LogP contribution is -2.38. The Morgan fingerprint density at radius 1 is 1.30 bits per heavy atom. The van der Waals surface area contributed by atoms with Crippen LogP contribution in [0.3, 0.4) is 0 Å². The van der Waals surface area contributed by atoms with Crippen molar-refractivity contribution in [3.05, 3.63) is 26.7 Å². The van der Waals surface area contributed by atoms with Gasteiger partial charge in [-0.05, 0) is 12.3 Å². The maximum atomic E-state index is 12.2. The van der Waals surface area contributed by atoms with Crippen LogP contribution in [0.25, 0.3) is 11.2 Å². The molecule has 1 N–H and O–H groups in total. The van der Waals surface area contributed by atoms with Crippen LogP contribution >= 0.6 is 0 Å². The molecule has 0 saturated heterocycles. The number of rotatable bonds is 5. The Morgan fingerprint density at radius 2 is 2.00 bits per heavy atom. The van der Waals surface area contributed by atoms with Crippen molar-refractivity contribution in [3.63, 3.8) is 0 Å². The van der Waals surface area contributed by atoms with Crippen molar-refractivity contribution in [2.24, 2.45) is 13.0 Å². The van der Waals surface area contributed by atoms with Crippen LogP contribution in [0, 0.1) is 5.92 Å². The fourth-order valence-corrected chi connectivity index (χ4v) is 2.27. The van der Waals surface area contributed by atoms with E-state index in [1.807, 2.05) is 13.8 Å². The van der Waals surface area contributed by atoms with Crippen molar-refractivity contribution >= 4 is 11.2 Å². The van der Waals surface area contributed by atoms with Gasteiger partial charge in [-0.1, -0.05) is 27.2 Å². The number of hydrogen-bond acceptors (Lipinski definition) is 3. The van der Waals surface area contributed by atoms with Gasteiger partial charge in [-0.25, -0.2) is 9.78 Å². The number of hydrogen-bond donors (Lipinski definition) is 1. The van der Waals surface area contributed by atoms with Gasteiger partial charge in [0, 0.05) is 20.0 Å². The maximum Gasteiger partial charge on any atom is 0.332 e. The fraction of sp³-hybridized carbons (Fsp3) is 0.643. The van der Waals surface area contributed by atoms with Crippen LogP contribution in [-0.2, 0) is 20.0 Å². The molecule has 0 atom stereocenters. The van der Waals surface area contributed by atoms with E-state index in [0.717, 1.165) is 29.7 Å². The summed E-state index contributed by atoms with van der Waals surface area (Å²) < 4.78 is 2.74. The van der Waals surface area contributed by atoms with Crippen LogP contribution in [0.15, 0.2) is 9.59 Å². The van der Waals surface area contributed by atoms with E-state index in [0.29, 0.717) is 23.6 Å². The standard InChI is InChI=1S/C14H22N4O2/c1-5-6-7-10-15-11-12(16-10)18(8-9(2)3)14(20)17(4)13(11)19/h9H,5-8H2,1-4H3,(H,15,16). The Morgan fingerprint density at radius 3 is 2.60 bits per heavy atom. The van der Waals surface area contributed by atoms with Gasteiger partial charge >= 0.3 is 5.69 Å². The van der Waals surface area contributed by atoms with Gasteiger partial charge in [-0.2, -0.15) is 0 Å². The Labute approximate surface area is 117 Å². The molecule has 20 heavy (non-hydrogen) atoms. The van der Waals surface area contributed by atoms with Gasteiger partial charge < -0.3 is 4.98 Å². The number of H-pyrrole nitrogens is 1. The average molecular weight is 278 g/mol. The molecule has 0 aliphatic rings. The minimum Gasteiger partial charge on any atom is -0.336 e. The van der Waals surface area contributed by atoms with E-state index >= 15 is 0 Å². The molecule has 0 aliphatic carbocycles. The molecule has 0 radical (unpaired) electrons. The summed E-state index contributed by atoms with van der Waals surface area (Å²) in [6, 6.07) is 0. The number of aryl methyl sites for hydroxylation is 1. The summed E-state index contributed by atoms with van der Waals surface area (Å²) in [7, 11) is 1.51. The molecule has 0 fully saturated rings. The summed E-state index contributed by atoms with van der Waals surface area (Å²) >= 11 is 0. The molecule has 2 rings (SSSR count). The first kappa shape index (κ1) is 14.6. The van der Waals surface area contributed by atoms with Gasteiger partial charge in [0.2, 0.25) is 0 Å². The lowest BCUT2D eigenvalue weighted by molar-refractivity contribution is 0.500. The van der Waals surface area contributed by atoms with E-state index in [4.69, 9.17) is 0 Å². The molecule has 2 heterocycles.